The highest BCUT2D eigenvalue weighted by molar-refractivity contribution is 5.70. The number of aromatic nitrogens is 2. The van der Waals surface area contributed by atoms with Gasteiger partial charge in [0, 0.05) is 17.7 Å². The maximum absolute atomic E-state index is 11.4. The number of hydrogen-bond acceptors (Lipinski definition) is 7. The zero-order valence-corrected chi connectivity index (χ0v) is 13.2. The number of nitro groups is 1. The SMILES string of the molecule is NC1(c2noc(-c3ccc(NC4CC4)c([N+](=O)[O-])c3)n2)CCCC1. The van der Waals surface area contributed by atoms with Gasteiger partial charge in [0.15, 0.2) is 5.82 Å². The van der Waals surface area contributed by atoms with Crippen LogP contribution in [0.3, 0.4) is 0 Å². The summed E-state index contributed by atoms with van der Waals surface area (Å²) in [7, 11) is 0. The van der Waals surface area contributed by atoms with Gasteiger partial charge in [-0.25, -0.2) is 0 Å². The molecule has 2 aliphatic rings. The van der Waals surface area contributed by atoms with Crippen LogP contribution >= 0.6 is 0 Å². The van der Waals surface area contributed by atoms with Crippen molar-refractivity contribution in [2.75, 3.05) is 5.32 Å². The zero-order valence-electron chi connectivity index (χ0n) is 13.2. The Bertz CT molecular complexity index is 778. The third-order valence-corrected chi connectivity index (χ3v) is 4.75. The molecular formula is C16H19N5O3. The fourth-order valence-electron chi connectivity index (χ4n) is 3.16. The van der Waals surface area contributed by atoms with Gasteiger partial charge in [-0.2, -0.15) is 4.98 Å². The van der Waals surface area contributed by atoms with Crippen LogP contribution in [0.15, 0.2) is 22.7 Å². The van der Waals surface area contributed by atoms with E-state index < -0.39 is 10.5 Å². The van der Waals surface area contributed by atoms with E-state index >= 15 is 0 Å². The predicted molar refractivity (Wildman–Crippen MR) is 87.4 cm³/mol. The number of nitrogens with zero attached hydrogens (tertiary/aromatic N) is 3. The van der Waals surface area contributed by atoms with Crippen molar-refractivity contribution in [1.82, 2.24) is 10.1 Å². The molecule has 2 fully saturated rings. The van der Waals surface area contributed by atoms with Crippen LogP contribution in [0.4, 0.5) is 11.4 Å². The second-order valence-electron chi connectivity index (χ2n) is 6.69. The van der Waals surface area contributed by atoms with Crippen LogP contribution in [0.25, 0.3) is 11.5 Å². The van der Waals surface area contributed by atoms with E-state index in [9.17, 15) is 10.1 Å². The van der Waals surface area contributed by atoms with Gasteiger partial charge in [0.25, 0.3) is 11.6 Å². The molecule has 8 nitrogen and oxygen atoms in total. The maximum atomic E-state index is 11.4. The number of nitrogens with two attached hydrogens (primary N) is 1. The van der Waals surface area contributed by atoms with E-state index in [4.69, 9.17) is 10.3 Å². The van der Waals surface area contributed by atoms with E-state index in [1.807, 2.05) is 0 Å². The van der Waals surface area contributed by atoms with Gasteiger partial charge in [0.2, 0.25) is 0 Å². The summed E-state index contributed by atoms with van der Waals surface area (Å²) in [5.41, 5.74) is 6.86. The van der Waals surface area contributed by atoms with Crippen molar-refractivity contribution in [3.63, 3.8) is 0 Å². The van der Waals surface area contributed by atoms with Gasteiger partial charge >= 0.3 is 0 Å². The first kappa shape index (κ1) is 15.1. The number of hydrogen-bond donors (Lipinski definition) is 2. The number of anilines is 1. The normalized spacial score (nSPS) is 19.4. The Balaban J connectivity index is 1.65. The van der Waals surface area contributed by atoms with E-state index in [1.54, 1.807) is 12.1 Å². The minimum atomic E-state index is -0.541. The molecule has 0 saturated heterocycles. The first-order valence-corrected chi connectivity index (χ1v) is 8.24. The third kappa shape index (κ3) is 2.73. The number of rotatable bonds is 5. The summed E-state index contributed by atoms with van der Waals surface area (Å²) >= 11 is 0. The van der Waals surface area contributed by atoms with E-state index in [0.717, 1.165) is 38.5 Å². The van der Waals surface area contributed by atoms with E-state index in [0.29, 0.717) is 23.1 Å². The lowest BCUT2D eigenvalue weighted by Gasteiger charge is -2.17. The fourth-order valence-corrected chi connectivity index (χ4v) is 3.16. The van der Waals surface area contributed by atoms with Gasteiger partial charge < -0.3 is 15.6 Å². The van der Waals surface area contributed by atoms with Crippen LogP contribution in [-0.4, -0.2) is 21.1 Å². The van der Waals surface area contributed by atoms with Crippen LogP contribution in [0.1, 0.15) is 44.3 Å². The molecule has 1 aromatic carbocycles. The molecule has 2 saturated carbocycles. The molecule has 0 spiro atoms. The first-order chi connectivity index (χ1) is 11.5. The lowest BCUT2D eigenvalue weighted by Crippen LogP contribution is -2.34. The lowest BCUT2D eigenvalue weighted by atomic mass is 9.99. The Labute approximate surface area is 138 Å². The summed E-state index contributed by atoms with van der Waals surface area (Å²) in [5.74, 6) is 0.751. The molecule has 0 bridgehead atoms. The van der Waals surface area contributed by atoms with E-state index in [1.165, 1.54) is 6.07 Å². The van der Waals surface area contributed by atoms with Gasteiger partial charge in [-0.15, -0.1) is 0 Å². The van der Waals surface area contributed by atoms with Gasteiger partial charge in [-0.3, -0.25) is 10.1 Å². The van der Waals surface area contributed by atoms with E-state index in [2.05, 4.69) is 15.5 Å². The van der Waals surface area contributed by atoms with E-state index in [-0.39, 0.29) is 11.6 Å². The Morgan fingerprint density at radius 1 is 1.33 bits per heavy atom. The number of nitro benzene ring substituents is 1. The van der Waals surface area contributed by atoms with Gasteiger partial charge in [0.1, 0.15) is 5.69 Å². The highest BCUT2D eigenvalue weighted by Gasteiger charge is 2.36. The van der Waals surface area contributed by atoms with Crippen LogP contribution in [0.2, 0.25) is 0 Å². The van der Waals surface area contributed by atoms with Crippen molar-refractivity contribution in [3.8, 4) is 11.5 Å². The molecule has 126 valence electrons. The molecule has 24 heavy (non-hydrogen) atoms. The minimum absolute atomic E-state index is 0.0162. The van der Waals surface area contributed by atoms with Crippen molar-refractivity contribution in [2.45, 2.75) is 50.1 Å². The lowest BCUT2D eigenvalue weighted by molar-refractivity contribution is -0.383. The van der Waals surface area contributed by atoms with Gasteiger partial charge in [0.05, 0.1) is 10.5 Å². The van der Waals surface area contributed by atoms with Crippen molar-refractivity contribution in [1.29, 1.82) is 0 Å². The average Bonchev–Trinajstić information content (AvgIpc) is 3.06. The third-order valence-electron chi connectivity index (χ3n) is 4.75. The largest absolute Gasteiger partial charge is 0.377 e. The molecule has 3 N–H and O–H groups in total. The van der Waals surface area contributed by atoms with Crippen LogP contribution in [0, 0.1) is 10.1 Å². The van der Waals surface area contributed by atoms with Crippen molar-refractivity contribution in [3.05, 3.63) is 34.1 Å². The second kappa shape index (κ2) is 5.55. The minimum Gasteiger partial charge on any atom is -0.377 e. The van der Waals surface area contributed by atoms with Crippen molar-refractivity contribution in [2.24, 2.45) is 5.73 Å². The molecule has 2 aliphatic carbocycles. The smallest absolute Gasteiger partial charge is 0.293 e. The molecule has 1 aromatic heterocycles. The van der Waals surface area contributed by atoms with Gasteiger partial charge in [-0.05, 0) is 37.8 Å². The average molecular weight is 329 g/mol. The predicted octanol–water partition coefficient (Wildman–Crippen LogP) is 2.95. The Hall–Kier alpha value is -2.48. The monoisotopic (exact) mass is 329 g/mol. The molecule has 4 rings (SSSR count). The van der Waals surface area contributed by atoms with Gasteiger partial charge in [-0.1, -0.05) is 18.0 Å². The summed E-state index contributed by atoms with van der Waals surface area (Å²) in [6.07, 6.45) is 5.85. The highest BCUT2D eigenvalue weighted by Crippen LogP contribution is 2.37. The Morgan fingerprint density at radius 2 is 2.08 bits per heavy atom. The number of benzene rings is 1. The molecule has 0 amide bonds. The second-order valence-corrected chi connectivity index (χ2v) is 6.69. The van der Waals surface area contributed by atoms with Crippen LogP contribution < -0.4 is 11.1 Å². The van der Waals surface area contributed by atoms with Crippen molar-refractivity contribution >= 4 is 11.4 Å². The highest BCUT2D eigenvalue weighted by atomic mass is 16.6. The molecule has 0 unspecified atom stereocenters. The zero-order chi connectivity index (χ0) is 16.7. The summed E-state index contributed by atoms with van der Waals surface area (Å²) in [6, 6.07) is 5.26. The Morgan fingerprint density at radius 3 is 2.75 bits per heavy atom. The molecule has 2 aromatic rings. The molecule has 1 heterocycles. The topological polar surface area (TPSA) is 120 Å². The first-order valence-electron chi connectivity index (χ1n) is 8.24. The number of nitrogens with one attached hydrogen (secondary N) is 1. The molecule has 0 aliphatic heterocycles. The fraction of sp³-hybridized carbons (Fsp3) is 0.500. The molecule has 8 heteroatoms. The molecule has 0 atom stereocenters. The van der Waals surface area contributed by atoms with Crippen LogP contribution in [0.5, 0.6) is 0 Å². The molecule has 0 radical (unpaired) electrons. The maximum Gasteiger partial charge on any atom is 0.293 e. The Kier molecular flexibility index (Phi) is 3.49. The summed E-state index contributed by atoms with van der Waals surface area (Å²) in [5, 5.41) is 18.5. The summed E-state index contributed by atoms with van der Waals surface area (Å²) in [6.45, 7) is 0. The molecular weight excluding hydrogens is 310 g/mol. The quantitative estimate of drug-likeness (QED) is 0.639. The summed E-state index contributed by atoms with van der Waals surface area (Å²) < 4.78 is 5.31. The van der Waals surface area contributed by atoms with Crippen LogP contribution in [-0.2, 0) is 5.54 Å². The van der Waals surface area contributed by atoms with Crippen molar-refractivity contribution < 1.29 is 9.45 Å². The summed E-state index contributed by atoms with van der Waals surface area (Å²) in [4.78, 5) is 15.3. The standard InChI is InChI=1S/C16H19N5O3/c17-16(7-1-2-8-16)15-19-14(24-20-15)10-3-6-12(18-11-4-5-11)13(9-10)21(22)23/h3,6,9,11,18H,1-2,4-5,7-8,17H2.